The molecule has 2 aliphatic rings. The van der Waals surface area contributed by atoms with Crippen molar-refractivity contribution in [3.05, 3.63) is 40.1 Å². The van der Waals surface area contributed by atoms with E-state index in [1.807, 2.05) is 6.07 Å². The normalized spacial score (nSPS) is 22.2. The summed E-state index contributed by atoms with van der Waals surface area (Å²) in [6.45, 7) is 2.07. The molecule has 0 radical (unpaired) electrons. The molecule has 1 saturated heterocycles. The third-order valence-corrected chi connectivity index (χ3v) is 5.88. The number of thiophene rings is 1. The molecule has 1 spiro atoms. The van der Waals surface area contributed by atoms with E-state index in [0.717, 1.165) is 30.7 Å². The molecule has 2 aliphatic heterocycles. The SMILES string of the molecule is O=C(NCCc1cccs1)[C@@H]1Cc2[nH]cnc2C2(CCOCC2)N1. The number of carbonyl (C=O) groups excluding carboxylic acids is 1. The van der Waals surface area contributed by atoms with Gasteiger partial charge in [-0.3, -0.25) is 10.1 Å². The van der Waals surface area contributed by atoms with Crippen LogP contribution in [0.1, 0.15) is 29.1 Å². The Morgan fingerprint density at radius 1 is 1.46 bits per heavy atom. The fraction of sp³-hybridized carbons (Fsp3) is 0.529. The quantitative estimate of drug-likeness (QED) is 0.781. The number of aromatic nitrogens is 2. The predicted octanol–water partition coefficient (Wildman–Crippen LogP) is 1.35. The Hall–Kier alpha value is -1.70. The Kier molecular flexibility index (Phi) is 4.39. The molecule has 4 rings (SSSR count). The fourth-order valence-electron chi connectivity index (χ4n) is 3.69. The average Bonchev–Trinajstić information content (AvgIpc) is 3.27. The lowest BCUT2D eigenvalue weighted by molar-refractivity contribution is -0.124. The second-order valence-corrected chi connectivity index (χ2v) is 7.48. The Balaban J connectivity index is 1.43. The number of hydrogen-bond acceptors (Lipinski definition) is 5. The van der Waals surface area contributed by atoms with Crippen molar-refractivity contribution in [3.63, 3.8) is 0 Å². The summed E-state index contributed by atoms with van der Waals surface area (Å²) in [6, 6.07) is 3.92. The first-order chi connectivity index (χ1) is 11.8. The van der Waals surface area contributed by atoms with E-state index in [1.54, 1.807) is 17.7 Å². The average molecular weight is 346 g/mol. The molecular formula is C17H22N4O2S. The highest BCUT2D eigenvalue weighted by atomic mass is 32.1. The van der Waals surface area contributed by atoms with E-state index in [9.17, 15) is 4.79 Å². The van der Waals surface area contributed by atoms with Crippen LogP contribution in [0.2, 0.25) is 0 Å². The maximum absolute atomic E-state index is 12.6. The molecule has 24 heavy (non-hydrogen) atoms. The number of nitrogens with one attached hydrogen (secondary N) is 3. The highest BCUT2D eigenvalue weighted by Crippen LogP contribution is 2.36. The third-order valence-electron chi connectivity index (χ3n) is 4.94. The van der Waals surface area contributed by atoms with Gasteiger partial charge in [0.1, 0.15) is 0 Å². The number of nitrogens with zero attached hydrogens (tertiary/aromatic N) is 1. The maximum atomic E-state index is 12.6. The van der Waals surface area contributed by atoms with Crippen LogP contribution in [0.15, 0.2) is 23.8 Å². The molecule has 0 aliphatic carbocycles. The van der Waals surface area contributed by atoms with Gasteiger partial charge in [-0.1, -0.05) is 6.07 Å². The van der Waals surface area contributed by atoms with Crippen molar-refractivity contribution in [3.8, 4) is 0 Å². The summed E-state index contributed by atoms with van der Waals surface area (Å²) in [5, 5.41) is 8.72. The second kappa shape index (κ2) is 6.66. The molecule has 3 N–H and O–H groups in total. The highest BCUT2D eigenvalue weighted by Gasteiger charge is 2.44. The lowest BCUT2D eigenvalue weighted by Gasteiger charge is -2.43. The first-order valence-corrected chi connectivity index (χ1v) is 9.33. The molecule has 128 valence electrons. The molecule has 6 nitrogen and oxygen atoms in total. The van der Waals surface area contributed by atoms with Crippen molar-refractivity contribution in [1.82, 2.24) is 20.6 Å². The molecule has 0 aromatic carbocycles. The molecule has 4 heterocycles. The smallest absolute Gasteiger partial charge is 0.237 e. The summed E-state index contributed by atoms with van der Waals surface area (Å²) in [7, 11) is 0. The van der Waals surface area contributed by atoms with Gasteiger partial charge in [-0.05, 0) is 30.7 Å². The summed E-state index contributed by atoms with van der Waals surface area (Å²) in [4.78, 5) is 21.7. The lowest BCUT2D eigenvalue weighted by atomic mass is 9.80. The van der Waals surface area contributed by atoms with Crippen molar-refractivity contribution >= 4 is 17.2 Å². The Bertz CT molecular complexity index is 691. The first kappa shape index (κ1) is 15.8. The summed E-state index contributed by atoms with van der Waals surface area (Å²) in [5.74, 6) is 0.0673. The minimum Gasteiger partial charge on any atom is -0.381 e. The van der Waals surface area contributed by atoms with Crippen molar-refractivity contribution in [1.29, 1.82) is 0 Å². The van der Waals surface area contributed by atoms with Gasteiger partial charge in [0.15, 0.2) is 0 Å². The summed E-state index contributed by atoms with van der Waals surface area (Å²) >= 11 is 1.73. The predicted molar refractivity (Wildman–Crippen MR) is 92.0 cm³/mol. The number of hydrogen-bond donors (Lipinski definition) is 3. The van der Waals surface area contributed by atoms with E-state index in [-0.39, 0.29) is 17.5 Å². The zero-order chi connectivity index (χ0) is 16.4. The van der Waals surface area contributed by atoms with Gasteiger partial charge in [-0.2, -0.15) is 0 Å². The number of amides is 1. The molecule has 1 amide bonds. The summed E-state index contributed by atoms with van der Waals surface area (Å²) in [5.41, 5.74) is 1.91. The molecular weight excluding hydrogens is 324 g/mol. The number of H-pyrrole nitrogens is 1. The van der Waals surface area contributed by atoms with Gasteiger partial charge in [-0.15, -0.1) is 11.3 Å². The number of aromatic amines is 1. The number of fused-ring (bicyclic) bond motifs is 2. The van der Waals surface area contributed by atoms with Crippen molar-refractivity contribution in [2.24, 2.45) is 0 Å². The molecule has 2 aromatic rings. The van der Waals surface area contributed by atoms with Crippen molar-refractivity contribution in [2.45, 2.75) is 37.3 Å². The number of rotatable bonds is 4. The zero-order valence-electron chi connectivity index (χ0n) is 13.5. The largest absolute Gasteiger partial charge is 0.381 e. The number of carbonyl (C=O) groups is 1. The van der Waals surface area contributed by atoms with Crippen LogP contribution in [-0.2, 0) is 27.9 Å². The molecule has 0 bridgehead atoms. The summed E-state index contributed by atoms with van der Waals surface area (Å²) < 4.78 is 5.51. The molecule has 7 heteroatoms. The Morgan fingerprint density at radius 3 is 3.12 bits per heavy atom. The first-order valence-electron chi connectivity index (χ1n) is 8.45. The van der Waals surface area contributed by atoms with Crippen LogP contribution >= 0.6 is 11.3 Å². The van der Waals surface area contributed by atoms with Gasteiger partial charge in [-0.25, -0.2) is 4.98 Å². The van der Waals surface area contributed by atoms with E-state index >= 15 is 0 Å². The third kappa shape index (κ3) is 2.99. The minimum atomic E-state index is -0.235. The number of imidazole rings is 1. The lowest BCUT2D eigenvalue weighted by Crippen LogP contribution is -2.60. The summed E-state index contributed by atoms with van der Waals surface area (Å²) in [6.07, 6.45) is 4.97. The monoisotopic (exact) mass is 346 g/mol. The molecule has 1 fully saturated rings. The van der Waals surface area contributed by atoms with E-state index in [2.05, 4.69) is 32.0 Å². The van der Waals surface area contributed by atoms with Gasteiger partial charge in [0.2, 0.25) is 5.91 Å². The van der Waals surface area contributed by atoms with Crippen molar-refractivity contribution < 1.29 is 9.53 Å². The minimum absolute atomic E-state index is 0.0673. The van der Waals surface area contributed by atoms with E-state index in [4.69, 9.17) is 4.74 Å². The van der Waals surface area contributed by atoms with Crippen LogP contribution in [0.25, 0.3) is 0 Å². The Labute approximate surface area is 145 Å². The van der Waals surface area contributed by atoms with Crippen LogP contribution in [0.5, 0.6) is 0 Å². The van der Waals surface area contributed by atoms with Crippen LogP contribution in [0.3, 0.4) is 0 Å². The van der Waals surface area contributed by atoms with E-state index in [0.29, 0.717) is 26.2 Å². The van der Waals surface area contributed by atoms with Gasteiger partial charge < -0.3 is 15.0 Å². The molecule has 0 unspecified atom stereocenters. The highest BCUT2D eigenvalue weighted by molar-refractivity contribution is 7.09. The van der Waals surface area contributed by atoms with Crippen LogP contribution in [-0.4, -0.2) is 41.7 Å². The van der Waals surface area contributed by atoms with Gasteiger partial charge in [0.25, 0.3) is 0 Å². The second-order valence-electron chi connectivity index (χ2n) is 6.45. The standard InChI is InChI=1S/C17H22N4O2S/c22-16(18-6-3-12-2-1-9-24-12)14-10-13-15(20-11-19-13)17(21-14)4-7-23-8-5-17/h1-2,9,11,14,21H,3-8,10H2,(H,18,22)(H,19,20)/t14-/m0/s1. The van der Waals surface area contributed by atoms with Crippen molar-refractivity contribution in [2.75, 3.05) is 19.8 Å². The molecule has 1 atom stereocenters. The molecule has 0 saturated carbocycles. The van der Waals surface area contributed by atoms with Crippen LogP contribution in [0.4, 0.5) is 0 Å². The van der Waals surface area contributed by atoms with Gasteiger partial charge >= 0.3 is 0 Å². The Morgan fingerprint density at radius 2 is 2.33 bits per heavy atom. The maximum Gasteiger partial charge on any atom is 0.237 e. The van der Waals surface area contributed by atoms with Crippen LogP contribution < -0.4 is 10.6 Å². The van der Waals surface area contributed by atoms with E-state index in [1.165, 1.54) is 4.88 Å². The molecule has 2 aromatic heterocycles. The topological polar surface area (TPSA) is 79.0 Å². The number of ether oxygens (including phenoxy) is 1. The zero-order valence-corrected chi connectivity index (χ0v) is 14.3. The fourth-order valence-corrected chi connectivity index (χ4v) is 4.40. The van der Waals surface area contributed by atoms with Gasteiger partial charge in [0.05, 0.1) is 23.6 Å². The van der Waals surface area contributed by atoms with Crippen LogP contribution in [0, 0.1) is 0 Å². The van der Waals surface area contributed by atoms with E-state index < -0.39 is 0 Å². The van der Waals surface area contributed by atoms with Gasteiger partial charge in [0, 0.05) is 36.8 Å².